The largest absolute Gasteiger partial charge is 0.488 e. The lowest BCUT2D eigenvalue weighted by Gasteiger charge is -2.34. The lowest BCUT2D eigenvalue weighted by atomic mass is 10.0. The Bertz CT molecular complexity index is 502. The first kappa shape index (κ1) is 14.7. The van der Waals surface area contributed by atoms with Crippen LogP contribution in [-0.4, -0.2) is 56.0 Å². The SMILES string of the molecule is C[C@@H]1CN(C)C(=O)c2cc(N)ccc2O[C@H]1CN(C)C. The normalized spacial score (nSPS) is 23.1. The number of nitrogens with two attached hydrogens (primary N) is 1. The van der Waals surface area contributed by atoms with Crippen molar-refractivity contribution in [2.24, 2.45) is 5.92 Å². The van der Waals surface area contributed by atoms with Crippen molar-refractivity contribution in [2.45, 2.75) is 13.0 Å². The van der Waals surface area contributed by atoms with Gasteiger partial charge in [-0.3, -0.25) is 4.79 Å². The molecule has 0 saturated heterocycles. The minimum atomic E-state index is -0.0394. The molecular formula is C15H23N3O2. The molecule has 110 valence electrons. The summed E-state index contributed by atoms with van der Waals surface area (Å²) in [4.78, 5) is 16.2. The van der Waals surface area contributed by atoms with Gasteiger partial charge >= 0.3 is 0 Å². The van der Waals surface area contributed by atoms with Crippen molar-refractivity contribution in [1.82, 2.24) is 9.80 Å². The molecule has 0 radical (unpaired) electrons. The Morgan fingerprint density at radius 1 is 1.45 bits per heavy atom. The second kappa shape index (κ2) is 5.71. The van der Waals surface area contributed by atoms with Gasteiger partial charge in [0, 0.05) is 31.7 Å². The molecule has 5 heteroatoms. The zero-order valence-corrected chi connectivity index (χ0v) is 12.6. The average molecular weight is 277 g/mol. The van der Waals surface area contributed by atoms with Crippen LogP contribution in [0, 0.1) is 5.92 Å². The van der Waals surface area contributed by atoms with E-state index in [1.54, 1.807) is 23.1 Å². The molecule has 0 spiro atoms. The van der Waals surface area contributed by atoms with Gasteiger partial charge in [0.25, 0.3) is 5.91 Å². The molecule has 1 heterocycles. The summed E-state index contributed by atoms with van der Waals surface area (Å²) in [5, 5.41) is 0. The highest BCUT2D eigenvalue weighted by molar-refractivity contribution is 5.97. The molecule has 2 atom stereocenters. The van der Waals surface area contributed by atoms with Crippen LogP contribution in [-0.2, 0) is 0 Å². The summed E-state index contributed by atoms with van der Waals surface area (Å²) in [6, 6.07) is 5.25. The second-order valence-corrected chi connectivity index (χ2v) is 5.84. The van der Waals surface area contributed by atoms with Gasteiger partial charge in [-0.05, 0) is 32.3 Å². The lowest BCUT2D eigenvalue weighted by Crippen LogP contribution is -2.44. The quantitative estimate of drug-likeness (QED) is 0.828. The van der Waals surface area contributed by atoms with Crippen LogP contribution in [0.5, 0.6) is 5.75 Å². The number of anilines is 1. The van der Waals surface area contributed by atoms with Gasteiger partial charge in [-0.25, -0.2) is 0 Å². The first-order chi connectivity index (χ1) is 9.38. The van der Waals surface area contributed by atoms with Crippen molar-refractivity contribution in [3.05, 3.63) is 23.8 Å². The standard InChI is InChI=1S/C15H23N3O2/c1-10-8-18(4)15(19)12-7-11(16)5-6-13(12)20-14(10)9-17(2)3/h5-7,10,14H,8-9,16H2,1-4H3/t10-,14+/m1/s1. The molecule has 0 aliphatic carbocycles. The summed E-state index contributed by atoms with van der Waals surface area (Å²) in [7, 11) is 5.87. The third-order valence-corrected chi connectivity index (χ3v) is 3.60. The van der Waals surface area contributed by atoms with Crippen molar-refractivity contribution in [1.29, 1.82) is 0 Å². The first-order valence-electron chi connectivity index (χ1n) is 6.85. The van der Waals surface area contributed by atoms with E-state index in [2.05, 4.69) is 11.8 Å². The highest BCUT2D eigenvalue weighted by Crippen LogP contribution is 2.28. The van der Waals surface area contributed by atoms with Gasteiger partial charge in [0.1, 0.15) is 11.9 Å². The second-order valence-electron chi connectivity index (χ2n) is 5.84. The summed E-state index contributed by atoms with van der Waals surface area (Å²) in [6.45, 7) is 3.60. The fourth-order valence-electron chi connectivity index (χ4n) is 2.51. The number of ether oxygens (including phenoxy) is 1. The topological polar surface area (TPSA) is 58.8 Å². The zero-order chi connectivity index (χ0) is 14.9. The van der Waals surface area contributed by atoms with Gasteiger partial charge < -0.3 is 20.3 Å². The van der Waals surface area contributed by atoms with Crippen molar-refractivity contribution in [3.63, 3.8) is 0 Å². The number of rotatable bonds is 2. The summed E-state index contributed by atoms with van der Waals surface area (Å²) in [6.07, 6.45) is 0.0444. The van der Waals surface area contributed by atoms with E-state index in [0.717, 1.165) is 6.54 Å². The molecule has 1 aliphatic rings. The van der Waals surface area contributed by atoms with Gasteiger partial charge in [-0.15, -0.1) is 0 Å². The van der Waals surface area contributed by atoms with Crippen molar-refractivity contribution in [2.75, 3.05) is 40.0 Å². The van der Waals surface area contributed by atoms with Crippen LogP contribution in [0.4, 0.5) is 5.69 Å². The number of fused-ring (bicyclic) bond motifs is 1. The molecule has 2 N–H and O–H groups in total. The van der Waals surface area contributed by atoms with Crippen LogP contribution < -0.4 is 10.5 Å². The van der Waals surface area contributed by atoms with Crippen molar-refractivity contribution < 1.29 is 9.53 Å². The van der Waals surface area contributed by atoms with Crippen molar-refractivity contribution >= 4 is 11.6 Å². The summed E-state index contributed by atoms with van der Waals surface area (Å²) in [5.74, 6) is 0.842. The number of nitrogen functional groups attached to an aromatic ring is 1. The number of hydrogen-bond donors (Lipinski definition) is 1. The number of benzene rings is 1. The molecule has 0 saturated carbocycles. The third kappa shape index (κ3) is 3.04. The highest BCUT2D eigenvalue weighted by atomic mass is 16.5. The third-order valence-electron chi connectivity index (χ3n) is 3.60. The molecule has 20 heavy (non-hydrogen) atoms. The van der Waals surface area contributed by atoms with Crippen molar-refractivity contribution in [3.8, 4) is 5.75 Å². The van der Waals surface area contributed by atoms with Crippen LogP contribution in [0.15, 0.2) is 18.2 Å². The maximum absolute atomic E-state index is 12.4. The molecular weight excluding hydrogens is 254 g/mol. The molecule has 0 fully saturated rings. The molecule has 2 rings (SSSR count). The number of hydrogen-bond acceptors (Lipinski definition) is 4. The van der Waals surface area contributed by atoms with E-state index in [1.807, 2.05) is 21.1 Å². The Hall–Kier alpha value is -1.75. The number of amides is 1. The molecule has 1 aromatic carbocycles. The minimum absolute atomic E-state index is 0.0394. The van der Waals surface area contributed by atoms with Gasteiger partial charge in [0.05, 0.1) is 5.56 Å². The molecule has 0 bridgehead atoms. The van der Waals surface area contributed by atoms with Crippen LogP contribution in [0.3, 0.4) is 0 Å². The number of nitrogens with zero attached hydrogens (tertiary/aromatic N) is 2. The smallest absolute Gasteiger partial charge is 0.257 e. The predicted octanol–water partition coefficient (Wildman–Crippen LogP) is 1.30. The van der Waals surface area contributed by atoms with Crippen LogP contribution in [0.1, 0.15) is 17.3 Å². The van der Waals surface area contributed by atoms with E-state index < -0.39 is 0 Å². The van der Waals surface area contributed by atoms with E-state index in [1.165, 1.54) is 0 Å². The summed E-state index contributed by atoms with van der Waals surface area (Å²) in [5.41, 5.74) is 6.91. The molecule has 0 aromatic heterocycles. The lowest BCUT2D eigenvalue weighted by molar-refractivity contribution is 0.0576. The van der Waals surface area contributed by atoms with Gasteiger partial charge in [-0.2, -0.15) is 0 Å². The maximum atomic E-state index is 12.4. The molecule has 1 amide bonds. The Morgan fingerprint density at radius 2 is 2.15 bits per heavy atom. The summed E-state index contributed by atoms with van der Waals surface area (Å²) < 4.78 is 6.09. The Morgan fingerprint density at radius 3 is 2.80 bits per heavy atom. The number of carbonyl (C=O) groups excluding carboxylic acids is 1. The van der Waals surface area contributed by atoms with Gasteiger partial charge in [-0.1, -0.05) is 6.92 Å². The van der Waals surface area contributed by atoms with E-state index in [0.29, 0.717) is 23.5 Å². The number of likely N-dealkylation sites (N-methyl/N-ethyl adjacent to an activating group) is 1. The van der Waals surface area contributed by atoms with E-state index in [9.17, 15) is 4.79 Å². The van der Waals surface area contributed by atoms with E-state index in [-0.39, 0.29) is 17.9 Å². The Labute approximate surface area is 120 Å². The Balaban J connectivity index is 2.39. The molecule has 0 unspecified atom stereocenters. The predicted molar refractivity (Wildman–Crippen MR) is 79.9 cm³/mol. The van der Waals surface area contributed by atoms with Crippen LogP contribution >= 0.6 is 0 Å². The van der Waals surface area contributed by atoms with E-state index >= 15 is 0 Å². The monoisotopic (exact) mass is 277 g/mol. The fraction of sp³-hybridized carbons (Fsp3) is 0.533. The Kier molecular flexibility index (Phi) is 4.18. The highest BCUT2D eigenvalue weighted by Gasteiger charge is 2.29. The maximum Gasteiger partial charge on any atom is 0.257 e. The minimum Gasteiger partial charge on any atom is -0.488 e. The summed E-state index contributed by atoms with van der Waals surface area (Å²) >= 11 is 0. The number of carbonyl (C=O) groups is 1. The van der Waals surface area contributed by atoms with Crippen LogP contribution in [0.25, 0.3) is 0 Å². The van der Waals surface area contributed by atoms with Gasteiger partial charge in [0.15, 0.2) is 0 Å². The molecule has 1 aliphatic heterocycles. The van der Waals surface area contributed by atoms with Gasteiger partial charge in [0.2, 0.25) is 0 Å². The first-order valence-corrected chi connectivity index (χ1v) is 6.85. The fourth-order valence-corrected chi connectivity index (χ4v) is 2.51. The average Bonchev–Trinajstić information content (AvgIpc) is 2.37. The van der Waals surface area contributed by atoms with Crippen LogP contribution in [0.2, 0.25) is 0 Å². The molecule has 1 aromatic rings. The van der Waals surface area contributed by atoms with E-state index in [4.69, 9.17) is 10.5 Å². The zero-order valence-electron chi connectivity index (χ0n) is 12.6. The molecule has 5 nitrogen and oxygen atoms in total.